The van der Waals surface area contributed by atoms with Crippen LogP contribution in [0, 0.1) is 6.92 Å². The highest BCUT2D eigenvalue weighted by molar-refractivity contribution is 6.21. The van der Waals surface area contributed by atoms with Gasteiger partial charge in [0.2, 0.25) is 0 Å². The van der Waals surface area contributed by atoms with Gasteiger partial charge in [-0.2, -0.15) is 0 Å². The Balaban J connectivity index is 0.000000207. The summed E-state index contributed by atoms with van der Waals surface area (Å²) < 4.78 is 20.3. The summed E-state index contributed by atoms with van der Waals surface area (Å²) in [6.07, 6.45) is 7.12. The van der Waals surface area contributed by atoms with Gasteiger partial charge in [0.1, 0.15) is 5.75 Å². The van der Waals surface area contributed by atoms with E-state index in [2.05, 4.69) is 0 Å². The number of aryl methyl sites for hydroxylation is 1. The maximum absolute atomic E-state index is 11.5. The van der Waals surface area contributed by atoms with Gasteiger partial charge in [-0.1, -0.05) is 121 Å². The highest BCUT2D eigenvalue weighted by atomic mass is 16.6. The lowest BCUT2D eigenvalue weighted by Crippen LogP contribution is -2.03. The Hall–Kier alpha value is -8.18. The maximum Gasteiger partial charge on any atom is 0.336 e. The minimum Gasteiger partial charge on any atom is -0.504 e. The minimum absolute atomic E-state index is 0.143. The average Bonchev–Trinajstić information content (AvgIpc) is 3.26. The molecule has 0 aliphatic heterocycles. The quantitative estimate of drug-likeness (QED) is 0.0465. The monoisotopic (exact) mass is 834 g/mol. The van der Waals surface area contributed by atoms with Crippen LogP contribution in [0.15, 0.2) is 146 Å². The Morgan fingerprint density at radius 3 is 1.35 bits per heavy atom. The molecule has 0 unspecified atom stereocenters. The van der Waals surface area contributed by atoms with Crippen LogP contribution in [-0.4, -0.2) is 53.4 Å². The number of esters is 2. The molecule has 11 nitrogen and oxygen atoms in total. The fraction of sp³-hybridized carbons (Fsp3) is 0.0980. The zero-order chi connectivity index (χ0) is 45.0. The second-order valence-corrected chi connectivity index (χ2v) is 13.3. The largest absolute Gasteiger partial charge is 0.504 e. The zero-order valence-corrected chi connectivity index (χ0v) is 34.8. The number of aromatic hydroxyl groups is 1. The van der Waals surface area contributed by atoms with Crippen molar-refractivity contribution in [2.75, 3.05) is 14.2 Å². The van der Waals surface area contributed by atoms with Crippen LogP contribution < -0.4 is 18.9 Å². The summed E-state index contributed by atoms with van der Waals surface area (Å²) in [5.74, 6) is -1.15. The number of carbonyl (C=O) groups excluding carboxylic acids is 2. The van der Waals surface area contributed by atoms with E-state index in [1.165, 1.54) is 27.0 Å². The number of methoxy groups -OCH3 is 2. The van der Waals surface area contributed by atoms with Crippen molar-refractivity contribution < 1.29 is 53.4 Å². The van der Waals surface area contributed by atoms with Crippen LogP contribution in [0.5, 0.6) is 28.7 Å². The SMILES string of the molecule is CC(=O)Oc1ccc(/C=C(/C(=O)O)c2ccccc2)cc1C.COc1cc(/C=C\c2ccccc2)ccc1O.COc1ccc(/C=C(/C(=O)O)c2ccccc2)cc1OC(C)=O. The number of carboxylic acids is 2. The first-order valence-corrected chi connectivity index (χ1v) is 19.0. The van der Waals surface area contributed by atoms with Gasteiger partial charge >= 0.3 is 23.9 Å². The van der Waals surface area contributed by atoms with Crippen molar-refractivity contribution in [3.63, 3.8) is 0 Å². The molecule has 0 aliphatic carbocycles. The number of hydrogen-bond donors (Lipinski definition) is 3. The summed E-state index contributed by atoms with van der Waals surface area (Å²) in [4.78, 5) is 45.1. The highest BCUT2D eigenvalue weighted by Crippen LogP contribution is 2.31. The molecule has 0 radical (unpaired) electrons. The number of carbonyl (C=O) groups is 4. The van der Waals surface area contributed by atoms with Crippen LogP contribution in [0.4, 0.5) is 0 Å². The Labute approximate surface area is 360 Å². The van der Waals surface area contributed by atoms with Gasteiger partial charge in [0.15, 0.2) is 23.0 Å². The summed E-state index contributed by atoms with van der Waals surface area (Å²) in [6, 6.07) is 43.1. The van der Waals surface area contributed by atoms with Crippen molar-refractivity contribution in [1.82, 2.24) is 0 Å². The van der Waals surface area contributed by atoms with Crippen molar-refractivity contribution in [2.45, 2.75) is 20.8 Å². The predicted molar refractivity (Wildman–Crippen MR) is 241 cm³/mol. The molecule has 0 bridgehead atoms. The smallest absolute Gasteiger partial charge is 0.336 e. The lowest BCUT2D eigenvalue weighted by molar-refractivity contribution is -0.132. The highest BCUT2D eigenvalue weighted by Gasteiger charge is 2.13. The topological polar surface area (TPSA) is 166 Å². The third-order valence-corrected chi connectivity index (χ3v) is 8.62. The van der Waals surface area contributed by atoms with Crippen LogP contribution in [-0.2, 0) is 19.2 Å². The molecule has 6 rings (SSSR count). The molecule has 0 saturated heterocycles. The van der Waals surface area contributed by atoms with Crippen LogP contribution in [0.25, 0.3) is 35.5 Å². The number of hydrogen-bond acceptors (Lipinski definition) is 9. The van der Waals surface area contributed by atoms with Crippen molar-refractivity contribution in [3.05, 3.63) is 185 Å². The third-order valence-electron chi connectivity index (χ3n) is 8.62. The fourth-order valence-corrected chi connectivity index (χ4v) is 5.71. The van der Waals surface area contributed by atoms with Crippen molar-refractivity contribution >= 4 is 59.3 Å². The van der Waals surface area contributed by atoms with Crippen LogP contribution in [0.1, 0.15) is 52.8 Å². The standard InChI is InChI=1S/C18H16O5.C18H16O4.C15H14O2/c1-12(19)23-17-11-13(8-9-16(17)22-2)10-15(18(20)21)14-6-4-3-5-7-14;1-12-10-14(8-9-17(12)22-13(2)19)11-16(18(20)21)15-6-4-3-5-7-15;1-17-15-11-13(9-10-14(15)16)8-7-12-5-3-2-4-6-12/h3-11H,1-2H3,(H,20,21);3-11H,1-2H3,(H,20,21);2-11,16H,1H3/b15-10+;16-11+;8-7-. The number of rotatable bonds is 12. The summed E-state index contributed by atoms with van der Waals surface area (Å²) >= 11 is 0. The maximum atomic E-state index is 11.5. The van der Waals surface area contributed by atoms with Gasteiger partial charge in [0.05, 0.1) is 25.4 Å². The lowest BCUT2D eigenvalue weighted by Gasteiger charge is -2.09. The Morgan fingerprint density at radius 1 is 0.468 bits per heavy atom. The van der Waals surface area contributed by atoms with Gasteiger partial charge in [0.25, 0.3) is 0 Å². The first kappa shape index (κ1) is 46.5. The second-order valence-electron chi connectivity index (χ2n) is 13.3. The third kappa shape index (κ3) is 14.6. The molecule has 0 aliphatic rings. The van der Waals surface area contributed by atoms with Crippen molar-refractivity contribution in [2.24, 2.45) is 0 Å². The molecule has 0 heterocycles. The minimum atomic E-state index is -1.04. The van der Waals surface area contributed by atoms with Crippen LogP contribution >= 0.6 is 0 Å². The predicted octanol–water partition coefficient (Wildman–Crippen LogP) is 10.4. The van der Waals surface area contributed by atoms with Gasteiger partial charge in [-0.05, 0) is 94.4 Å². The number of phenolic OH excluding ortho intramolecular Hbond substituents is 1. The Morgan fingerprint density at radius 2 is 0.887 bits per heavy atom. The normalized spacial score (nSPS) is 10.9. The summed E-state index contributed by atoms with van der Waals surface area (Å²) in [7, 11) is 3.00. The van der Waals surface area contributed by atoms with E-state index in [9.17, 15) is 34.5 Å². The molecule has 0 atom stereocenters. The molecule has 11 heteroatoms. The molecule has 3 N–H and O–H groups in total. The number of ether oxygens (including phenoxy) is 4. The first-order valence-electron chi connectivity index (χ1n) is 19.0. The van der Waals surface area contributed by atoms with Gasteiger partial charge in [-0.15, -0.1) is 0 Å². The molecule has 6 aromatic carbocycles. The van der Waals surface area contributed by atoms with E-state index in [4.69, 9.17) is 18.9 Å². The summed E-state index contributed by atoms with van der Waals surface area (Å²) in [5.41, 5.74) is 5.79. The van der Waals surface area contributed by atoms with Crippen molar-refractivity contribution in [3.8, 4) is 28.7 Å². The van der Waals surface area contributed by atoms with Crippen LogP contribution in [0.2, 0.25) is 0 Å². The number of phenols is 1. The van der Waals surface area contributed by atoms with Gasteiger partial charge in [-0.25, -0.2) is 9.59 Å². The Kier molecular flexibility index (Phi) is 17.6. The molecule has 316 valence electrons. The number of carboxylic acid groups (broad SMARTS) is 2. The number of benzene rings is 6. The Bertz CT molecular complexity index is 2560. The fourth-order valence-electron chi connectivity index (χ4n) is 5.71. The number of aliphatic carboxylic acids is 2. The lowest BCUT2D eigenvalue weighted by atomic mass is 10.0. The molecule has 6 aromatic rings. The average molecular weight is 835 g/mol. The summed E-state index contributed by atoms with van der Waals surface area (Å²) in [5, 5.41) is 28.3. The van der Waals surface area contributed by atoms with E-state index in [1.54, 1.807) is 117 Å². The van der Waals surface area contributed by atoms with E-state index in [0.29, 0.717) is 33.9 Å². The van der Waals surface area contributed by atoms with E-state index in [1.807, 2.05) is 60.7 Å². The van der Waals surface area contributed by atoms with Gasteiger partial charge < -0.3 is 34.3 Å². The van der Waals surface area contributed by atoms with E-state index >= 15 is 0 Å². The molecular formula is C51H46O11. The molecular weight excluding hydrogens is 789 g/mol. The molecule has 0 aromatic heterocycles. The van der Waals surface area contributed by atoms with Crippen molar-refractivity contribution in [1.29, 1.82) is 0 Å². The van der Waals surface area contributed by atoms with E-state index in [0.717, 1.165) is 22.3 Å². The molecule has 0 amide bonds. The van der Waals surface area contributed by atoms with E-state index in [-0.39, 0.29) is 28.6 Å². The summed E-state index contributed by atoms with van der Waals surface area (Å²) in [6.45, 7) is 4.43. The van der Waals surface area contributed by atoms with E-state index < -0.39 is 17.9 Å². The molecule has 0 saturated carbocycles. The first-order chi connectivity index (χ1) is 29.8. The second kappa shape index (κ2) is 23.4. The zero-order valence-electron chi connectivity index (χ0n) is 34.8. The molecule has 0 spiro atoms. The van der Waals surface area contributed by atoms with Gasteiger partial charge in [-0.3, -0.25) is 9.59 Å². The van der Waals surface area contributed by atoms with Gasteiger partial charge in [0, 0.05) is 13.8 Å². The molecule has 62 heavy (non-hydrogen) atoms. The molecule has 0 fully saturated rings. The van der Waals surface area contributed by atoms with Crippen LogP contribution in [0.3, 0.4) is 0 Å².